The molecule has 1 saturated heterocycles. The van der Waals surface area contributed by atoms with Crippen LogP contribution in [-0.2, 0) is 20.4 Å². The summed E-state index contributed by atoms with van der Waals surface area (Å²) in [5.41, 5.74) is 5.01. The summed E-state index contributed by atoms with van der Waals surface area (Å²) in [4.78, 5) is 31.8. The molecule has 4 aliphatic carbocycles. The van der Waals surface area contributed by atoms with E-state index in [9.17, 15) is 0 Å². The quantitative estimate of drug-likeness (QED) is 0.255. The summed E-state index contributed by atoms with van der Waals surface area (Å²) >= 11 is 0. The van der Waals surface area contributed by atoms with Crippen molar-refractivity contribution in [2.45, 2.75) is 35.6 Å². The Kier molecular flexibility index (Phi) is 3.93. The predicted molar refractivity (Wildman–Crippen MR) is 142 cm³/mol. The van der Waals surface area contributed by atoms with Crippen molar-refractivity contribution in [3.05, 3.63) is 154 Å². The number of imide groups is 1. The molecular weight excluding hydrogens is 454 g/mol. The highest BCUT2D eigenvalue weighted by atomic mass is 16.2. The molecule has 37 heavy (non-hydrogen) atoms. The molecule has 3 heteroatoms. The lowest BCUT2D eigenvalue weighted by atomic mass is 9.45. The van der Waals surface area contributed by atoms with Crippen molar-refractivity contribution in [2.75, 3.05) is 0 Å². The van der Waals surface area contributed by atoms with Gasteiger partial charge in [0.15, 0.2) is 0 Å². The fourth-order valence-corrected chi connectivity index (χ4v) is 7.99. The van der Waals surface area contributed by atoms with Gasteiger partial charge in [-0.25, -0.2) is 0 Å². The average Bonchev–Trinajstić information content (AvgIpc) is 3.11. The van der Waals surface area contributed by atoms with Crippen molar-refractivity contribution in [3.8, 4) is 0 Å². The van der Waals surface area contributed by atoms with Crippen molar-refractivity contribution >= 4 is 11.8 Å². The van der Waals surface area contributed by atoms with Gasteiger partial charge in [-0.05, 0) is 45.9 Å². The van der Waals surface area contributed by atoms with Crippen LogP contribution >= 0.6 is 0 Å². The second-order valence-electron chi connectivity index (χ2n) is 10.7. The maximum Gasteiger partial charge on any atom is 0.246 e. The standard InChI is InChI=1S/C34H25NO2/c1-21(22-11-3-2-4-12-22)35-31(36)33-20-19-24(23-13-5-8-16-27(23)33)30-25-14-6-9-17-28(25)34(33,32(35)37)29-18-10-7-15-26(29)30/h2-21,24,30H,1H3/t21-,24-,30?,33+,34?/m0/s1. The monoisotopic (exact) mass is 479 g/mol. The molecule has 5 aliphatic rings. The van der Waals surface area contributed by atoms with E-state index in [1.165, 1.54) is 0 Å². The van der Waals surface area contributed by atoms with Crippen LogP contribution in [0.3, 0.4) is 0 Å². The molecular formula is C34H25NO2. The summed E-state index contributed by atoms with van der Waals surface area (Å²) < 4.78 is 0. The molecule has 0 aromatic heterocycles. The Hall–Kier alpha value is -4.24. The van der Waals surface area contributed by atoms with E-state index in [0.29, 0.717) is 0 Å². The molecule has 0 unspecified atom stereocenters. The van der Waals surface area contributed by atoms with Crippen LogP contribution in [0.15, 0.2) is 115 Å². The minimum absolute atomic E-state index is 0.0808. The number of rotatable bonds is 2. The molecule has 3 nitrogen and oxygen atoms in total. The van der Waals surface area contributed by atoms with Gasteiger partial charge in [-0.3, -0.25) is 14.5 Å². The first kappa shape index (κ1) is 20.9. The van der Waals surface area contributed by atoms with Crippen molar-refractivity contribution in [3.63, 3.8) is 0 Å². The van der Waals surface area contributed by atoms with Crippen LogP contribution in [0, 0.1) is 0 Å². The predicted octanol–water partition coefficient (Wildman–Crippen LogP) is 6.15. The number of amides is 2. The van der Waals surface area contributed by atoms with Crippen molar-refractivity contribution < 1.29 is 9.59 Å². The Labute approximate surface area is 216 Å². The zero-order chi connectivity index (χ0) is 24.9. The average molecular weight is 480 g/mol. The number of allylic oxidation sites excluding steroid dienone is 1. The molecule has 178 valence electrons. The van der Waals surface area contributed by atoms with Gasteiger partial charge in [-0.15, -0.1) is 0 Å². The summed E-state index contributed by atoms with van der Waals surface area (Å²) in [6, 6.07) is 34.5. The summed E-state index contributed by atoms with van der Waals surface area (Å²) in [7, 11) is 0. The molecule has 0 saturated carbocycles. The molecule has 2 spiro atoms. The van der Waals surface area contributed by atoms with Crippen LogP contribution in [0.4, 0.5) is 0 Å². The number of hydrogen-bond donors (Lipinski definition) is 0. The molecule has 4 aromatic carbocycles. The Morgan fingerprint density at radius 3 is 1.84 bits per heavy atom. The minimum atomic E-state index is -1.17. The van der Waals surface area contributed by atoms with Gasteiger partial charge in [0.1, 0.15) is 10.8 Å². The summed E-state index contributed by atoms with van der Waals surface area (Å²) in [6.45, 7) is 1.97. The molecule has 0 radical (unpaired) electrons. The van der Waals surface area contributed by atoms with Gasteiger partial charge >= 0.3 is 0 Å². The largest absolute Gasteiger partial charge is 0.273 e. The number of hydrogen-bond acceptors (Lipinski definition) is 2. The van der Waals surface area contributed by atoms with E-state index >= 15 is 9.59 Å². The number of benzene rings is 4. The third-order valence-corrected chi connectivity index (χ3v) is 9.41. The van der Waals surface area contributed by atoms with E-state index in [2.05, 4.69) is 66.7 Å². The van der Waals surface area contributed by atoms with E-state index in [1.54, 1.807) is 4.90 Å². The highest BCUT2D eigenvalue weighted by Gasteiger charge is 2.75. The van der Waals surface area contributed by atoms with Crippen LogP contribution in [0.2, 0.25) is 0 Å². The van der Waals surface area contributed by atoms with E-state index < -0.39 is 16.9 Å². The molecule has 9 rings (SSSR count). The van der Waals surface area contributed by atoms with Gasteiger partial charge in [0.2, 0.25) is 11.8 Å². The Morgan fingerprint density at radius 2 is 1.19 bits per heavy atom. The third kappa shape index (κ3) is 2.17. The van der Waals surface area contributed by atoms with Crippen LogP contribution < -0.4 is 0 Å². The van der Waals surface area contributed by atoms with Gasteiger partial charge < -0.3 is 0 Å². The SMILES string of the molecule is C[C@@H](c1ccccc1)N1C(=O)C23c4ccccc4C(c4ccccc42)[C@H]2C=C[C@]3(C1=O)c1ccccc12. The summed E-state index contributed by atoms with van der Waals surface area (Å²) in [6.07, 6.45) is 4.31. The molecule has 0 N–H and O–H groups in total. The van der Waals surface area contributed by atoms with Crippen LogP contribution in [-0.4, -0.2) is 16.7 Å². The number of carbonyl (C=O) groups excluding carboxylic acids is 2. The molecule has 1 fully saturated rings. The summed E-state index contributed by atoms with van der Waals surface area (Å²) in [5.74, 6) is -0.101. The zero-order valence-electron chi connectivity index (χ0n) is 20.5. The fraction of sp³-hybridized carbons (Fsp3) is 0.176. The molecule has 2 amide bonds. The number of carbonyl (C=O) groups is 2. The van der Waals surface area contributed by atoms with E-state index in [4.69, 9.17) is 0 Å². The fourth-order valence-electron chi connectivity index (χ4n) is 7.99. The molecule has 4 aromatic rings. The lowest BCUT2D eigenvalue weighted by molar-refractivity contribution is -0.142. The molecule has 1 heterocycles. The number of likely N-dealkylation sites (tertiary alicyclic amines) is 1. The highest BCUT2D eigenvalue weighted by Crippen LogP contribution is 2.68. The van der Waals surface area contributed by atoms with Crippen molar-refractivity contribution in [1.29, 1.82) is 0 Å². The normalized spacial score (nSPS) is 28.7. The maximum atomic E-state index is 15.2. The van der Waals surface area contributed by atoms with E-state index in [-0.39, 0.29) is 23.7 Å². The first-order valence-corrected chi connectivity index (χ1v) is 13.0. The lowest BCUT2D eigenvalue weighted by Crippen LogP contribution is -2.57. The smallest absolute Gasteiger partial charge is 0.246 e. The van der Waals surface area contributed by atoms with E-state index in [0.717, 1.165) is 38.9 Å². The molecule has 3 atom stereocenters. The Morgan fingerprint density at radius 1 is 0.649 bits per heavy atom. The third-order valence-electron chi connectivity index (χ3n) is 9.41. The van der Waals surface area contributed by atoms with Gasteiger partial charge in [-0.2, -0.15) is 0 Å². The molecule has 1 aliphatic heterocycles. The van der Waals surface area contributed by atoms with Crippen molar-refractivity contribution in [1.82, 2.24) is 4.90 Å². The Balaban J connectivity index is 1.56. The first-order valence-electron chi connectivity index (χ1n) is 13.0. The number of nitrogens with zero attached hydrogens (tertiary/aromatic N) is 1. The second kappa shape index (κ2) is 6.95. The topological polar surface area (TPSA) is 37.4 Å². The zero-order valence-corrected chi connectivity index (χ0v) is 20.5. The minimum Gasteiger partial charge on any atom is -0.273 e. The van der Waals surface area contributed by atoms with Crippen molar-refractivity contribution in [2.24, 2.45) is 0 Å². The maximum absolute atomic E-state index is 15.2. The molecule has 4 bridgehead atoms. The van der Waals surface area contributed by atoms with Gasteiger partial charge in [0, 0.05) is 11.8 Å². The van der Waals surface area contributed by atoms with Crippen LogP contribution in [0.1, 0.15) is 63.7 Å². The van der Waals surface area contributed by atoms with Crippen LogP contribution in [0.5, 0.6) is 0 Å². The van der Waals surface area contributed by atoms with Gasteiger partial charge in [-0.1, -0.05) is 115 Å². The summed E-state index contributed by atoms with van der Waals surface area (Å²) in [5, 5.41) is 0. The van der Waals surface area contributed by atoms with Crippen LogP contribution in [0.25, 0.3) is 0 Å². The van der Waals surface area contributed by atoms with Gasteiger partial charge in [0.05, 0.1) is 6.04 Å². The highest BCUT2D eigenvalue weighted by molar-refractivity contribution is 6.20. The lowest BCUT2D eigenvalue weighted by Gasteiger charge is -2.53. The van der Waals surface area contributed by atoms with Gasteiger partial charge in [0.25, 0.3) is 0 Å². The second-order valence-corrected chi connectivity index (χ2v) is 10.7. The first-order chi connectivity index (χ1) is 18.1. The van der Waals surface area contributed by atoms with E-state index in [1.807, 2.05) is 55.5 Å². The Bertz CT molecular complexity index is 1620.